The van der Waals surface area contributed by atoms with Crippen LogP contribution in [0.1, 0.15) is 22.8 Å². The Labute approximate surface area is 213 Å². The van der Waals surface area contributed by atoms with Crippen molar-refractivity contribution in [2.45, 2.75) is 6.92 Å². The minimum absolute atomic E-state index is 0.135. The predicted octanol–water partition coefficient (Wildman–Crippen LogP) is 4.97. The third-order valence-electron chi connectivity index (χ3n) is 4.53. The maximum Gasteiger partial charge on any atom is 0.343 e. The highest BCUT2D eigenvalue weighted by molar-refractivity contribution is 9.10. The van der Waals surface area contributed by atoms with E-state index in [1.54, 1.807) is 37.3 Å². The van der Waals surface area contributed by atoms with Crippen molar-refractivity contribution in [1.29, 1.82) is 0 Å². The topological polar surface area (TPSA) is 99.2 Å². The van der Waals surface area contributed by atoms with Gasteiger partial charge in [0, 0.05) is 10.0 Å². The fourth-order valence-corrected chi connectivity index (χ4v) is 4.30. The van der Waals surface area contributed by atoms with Crippen molar-refractivity contribution in [3.8, 4) is 11.5 Å². The van der Waals surface area contributed by atoms with E-state index in [4.69, 9.17) is 21.1 Å². The van der Waals surface area contributed by atoms with Crippen LogP contribution in [-0.2, 0) is 14.3 Å². The van der Waals surface area contributed by atoms with E-state index in [2.05, 4.69) is 20.7 Å². The van der Waals surface area contributed by atoms with Gasteiger partial charge in [-0.3, -0.25) is 19.3 Å². The van der Waals surface area contributed by atoms with Gasteiger partial charge in [-0.15, -0.1) is 0 Å². The molecule has 0 aliphatic carbocycles. The fraction of sp³-hybridized carbons (Fsp3) is 0.217. The SMILES string of the molecule is CCOc1cc(/C=C2\SC(=O)N(CC(=O)c3ccc(Br)cc3)C2=O)cc(Cl)c1OCC(=O)OC. The number of ether oxygens (including phenoxy) is 3. The third-order valence-corrected chi connectivity index (χ3v) is 6.25. The van der Waals surface area contributed by atoms with Gasteiger partial charge in [0.15, 0.2) is 23.9 Å². The van der Waals surface area contributed by atoms with Gasteiger partial charge < -0.3 is 14.2 Å². The molecule has 8 nitrogen and oxygen atoms in total. The molecular formula is C23H19BrClNO7S. The summed E-state index contributed by atoms with van der Waals surface area (Å²) in [6, 6.07) is 9.73. The van der Waals surface area contributed by atoms with E-state index in [9.17, 15) is 19.2 Å². The predicted molar refractivity (Wildman–Crippen MR) is 131 cm³/mol. The van der Waals surface area contributed by atoms with E-state index in [0.29, 0.717) is 17.7 Å². The summed E-state index contributed by atoms with van der Waals surface area (Å²) in [5.41, 5.74) is 0.866. The van der Waals surface area contributed by atoms with Crippen molar-refractivity contribution in [3.63, 3.8) is 0 Å². The van der Waals surface area contributed by atoms with Gasteiger partial charge in [0.1, 0.15) is 0 Å². The molecule has 0 aromatic heterocycles. The molecule has 0 spiro atoms. The van der Waals surface area contributed by atoms with E-state index in [1.165, 1.54) is 19.3 Å². The lowest BCUT2D eigenvalue weighted by molar-refractivity contribution is -0.142. The zero-order valence-corrected chi connectivity index (χ0v) is 21.3. The van der Waals surface area contributed by atoms with Crippen molar-refractivity contribution in [3.05, 3.63) is 61.9 Å². The van der Waals surface area contributed by atoms with Crippen LogP contribution in [0.4, 0.5) is 4.79 Å². The van der Waals surface area contributed by atoms with Crippen LogP contribution in [-0.4, -0.2) is 54.7 Å². The Morgan fingerprint density at radius 3 is 2.50 bits per heavy atom. The smallest absolute Gasteiger partial charge is 0.343 e. The largest absolute Gasteiger partial charge is 0.490 e. The average Bonchev–Trinajstić information content (AvgIpc) is 3.06. The zero-order chi connectivity index (χ0) is 24.8. The lowest BCUT2D eigenvalue weighted by atomic mass is 10.1. The Kier molecular flexibility index (Phi) is 8.76. The summed E-state index contributed by atoms with van der Waals surface area (Å²) in [5.74, 6) is -1.12. The standard InChI is InChI=1S/C23H19BrClNO7S/c1-3-32-18-9-13(8-16(25)21(18)33-12-20(28)31-2)10-19-22(29)26(23(30)34-19)11-17(27)14-4-6-15(24)7-5-14/h4-10H,3,11-12H2,1-2H3/b19-10-. The van der Waals surface area contributed by atoms with Gasteiger partial charge in [-0.1, -0.05) is 39.7 Å². The zero-order valence-electron chi connectivity index (χ0n) is 18.1. The highest BCUT2D eigenvalue weighted by Crippen LogP contribution is 2.39. The second-order valence-electron chi connectivity index (χ2n) is 6.83. The number of amides is 2. The van der Waals surface area contributed by atoms with Crippen LogP contribution in [0.2, 0.25) is 5.02 Å². The van der Waals surface area contributed by atoms with E-state index in [0.717, 1.165) is 21.1 Å². The second kappa shape index (κ2) is 11.5. The van der Waals surface area contributed by atoms with Crippen molar-refractivity contribution < 1.29 is 33.4 Å². The van der Waals surface area contributed by atoms with Crippen LogP contribution in [0.5, 0.6) is 11.5 Å². The summed E-state index contributed by atoms with van der Waals surface area (Å²) >= 11 is 10.3. The fourth-order valence-electron chi connectivity index (χ4n) is 2.92. The third kappa shape index (κ3) is 6.19. The first kappa shape index (κ1) is 25.8. The summed E-state index contributed by atoms with van der Waals surface area (Å²) < 4.78 is 16.3. The molecule has 1 aliphatic heterocycles. The van der Waals surface area contributed by atoms with Gasteiger partial charge in [0.2, 0.25) is 0 Å². The molecule has 0 saturated carbocycles. The molecule has 0 radical (unpaired) electrons. The molecule has 34 heavy (non-hydrogen) atoms. The first-order chi connectivity index (χ1) is 16.2. The summed E-state index contributed by atoms with van der Waals surface area (Å²) in [5, 5.41) is -0.401. The quantitative estimate of drug-likeness (QED) is 0.237. The maximum atomic E-state index is 12.8. The van der Waals surface area contributed by atoms with Crippen molar-refractivity contribution in [1.82, 2.24) is 4.90 Å². The minimum Gasteiger partial charge on any atom is -0.490 e. The monoisotopic (exact) mass is 567 g/mol. The van der Waals surface area contributed by atoms with E-state index in [-0.39, 0.29) is 40.4 Å². The van der Waals surface area contributed by atoms with Gasteiger partial charge in [0.25, 0.3) is 11.1 Å². The molecule has 2 aromatic carbocycles. The molecule has 3 rings (SSSR count). The lowest BCUT2D eigenvalue weighted by Gasteiger charge is -2.14. The van der Waals surface area contributed by atoms with Crippen LogP contribution in [0.15, 0.2) is 45.8 Å². The number of hydrogen-bond donors (Lipinski definition) is 0. The molecule has 0 bridgehead atoms. The number of benzene rings is 2. The molecule has 1 fully saturated rings. The van der Waals surface area contributed by atoms with Crippen LogP contribution in [0, 0.1) is 0 Å². The van der Waals surface area contributed by atoms with E-state index < -0.39 is 17.1 Å². The van der Waals surface area contributed by atoms with Crippen LogP contribution >= 0.6 is 39.3 Å². The minimum atomic E-state index is -0.589. The molecule has 1 heterocycles. The van der Waals surface area contributed by atoms with Crippen LogP contribution < -0.4 is 9.47 Å². The first-order valence-corrected chi connectivity index (χ1v) is 11.9. The average molecular weight is 569 g/mol. The highest BCUT2D eigenvalue weighted by Gasteiger charge is 2.36. The number of carbonyl (C=O) groups is 4. The number of thioether (sulfide) groups is 1. The van der Waals surface area contributed by atoms with Crippen LogP contribution in [0.25, 0.3) is 6.08 Å². The molecular weight excluding hydrogens is 550 g/mol. The van der Waals surface area contributed by atoms with Crippen LogP contribution in [0.3, 0.4) is 0 Å². The molecule has 1 aliphatic rings. The maximum absolute atomic E-state index is 12.8. The first-order valence-electron chi connectivity index (χ1n) is 9.93. The number of halogens is 2. The van der Waals surface area contributed by atoms with Gasteiger partial charge >= 0.3 is 5.97 Å². The number of rotatable bonds is 9. The van der Waals surface area contributed by atoms with Gasteiger partial charge in [-0.2, -0.15) is 0 Å². The molecule has 0 unspecified atom stereocenters. The molecule has 0 atom stereocenters. The van der Waals surface area contributed by atoms with E-state index in [1.807, 2.05) is 0 Å². The number of nitrogens with zero attached hydrogens (tertiary/aromatic N) is 1. The number of methoxy groups -OCH3 is 1. The summed E-state index contributed by atoms with van der Waals surface area (Å²) in [6.07, 6.45) is 1.48. The van der Waals surface area contributed by atoms with Crippen molar-refractivity contribution in [2.75, 3.05) is 26.9 Å². The molecule has 0 N–H and O–H groups in total. The molecule has 2 aromatic rings. The lowest BCUT2D eigenvalue weighted by Crippen LogP contribution is -2.33. The summed E-state index contributed by atoms with van der Waals surface area (Å²) in [7, 11) is 1.24. The summed E-state index contributed by atoms with van der Waals surface area (Å²) in [4.78, 5) is 50.2. The highest BCUT2D eigenvalue weighted by atomic mass is 79.9. The van der Waals surface area contributed by atoms with Gasteiger partial charge in [-0.05, 0) is 54.6 Å². The Hall–Kier alpha value is -2.82. The molecule has 11 heteroatoms. The van der Waals surface area contributed by atoms with Crippen molar-refractivity contribution >= 4 is 68.3 Å². The van der Waals surface area contributed by atoms with Gasteiger partial charge in [-0.25, -0.2) is 4.79 Å². The second-order valence-corrected chi connectivity index (χ2v) is 9.14. The van der Waals surface area contributed by atoms with E-state index >= 15 is 0 Å². The number of imide groups is 1. The number of hydrogen-bond acceptors (Lipinski definition) is 8. The Bertz CT molecular complexity index is 1170. The summed E-state index contributed by atoms with van der Waals surface area (Å²) in [6.45, 7) is 1.33. The normalized spacial score (nSPS) is 14.5. The Balaban J connectivity index is 1.81. The number of Topliss-reactive ketones (excluding diaryl/α,β-unsaturated/α-hetero) is 1. The molecule has 1 saturated heterocycles. The number of ketones is 1. The number of esters is 1. The number of carbonyl (C=O) groups excluding carboxylic acids is 4. The molecule has 2 amide bonds. The Morgan fingerprint density at radius 2 is 1.85 bits per heavy atom. The van der Waals surface area contributed by atoms with Crippen molar-refractivity contribution in [2.24, 2.45) is 0 Å². The Morgan fingerprint density at radius 1 is 1.15 bits per heavy atom. The molecule has 178 valence electrons. The van der Waals surface area contributed by atoms with Gasteiger partial charge in [0.05, 0.1) is 30.2 Å².